The van der Waals surface area contributed by atoms with Gasteiger partial charge in [0.2, 0.25) is 0 Å². The maximum absolute atomic E-state index is 13.6. The molecule has 0 bridgehead atoms. The summed E-state index contributed by atoms with van der Waals surface area (Å²) in [6, 6.07) is 4.02. The van der Waals surface area contributed by atoms with Gasteiger partial charge in [0.15, 0.2) is 0 Å². The summed E-state index contributed by atoms with van der Waals surface area (Å²) in [7, 11) is 0. The molecule has 2 nitrogen and oxygen atoms in total. The average Bonchev–Trinajstić information content (AvgIpc) is 2.34. The number of anilines is 1. The molecule has 1 heterocycles. The lowest BCUT2D eigenvalue weighted by Crippen LogP contribution is -2.04. The summed E-state index contributed by atoms with van der Waals surface area (Å²) in [5.74, 6) is -1.05. The van der Waals surface area contributed by atoms with Crippen molar-refractivity contribution in [3.8, 4) is 0 Å². The highest BCUT2D eigenvalue weighted by Gasteiger charge is 2.09. The number of hydrogen-bond acceptors (Lipinski definition) is 2. The van der Waals surface area contributed by atoms with Crippen molar-refractivity contribution in [1.82, 2.24) is 4.98 Å². The molecule has 0 spiro atoms. The summed E-state index contributed by atoms with van der Waals surface area (Å²) in [4.78, 5) is 4.18. The Morgan fingerprint density at radius 1 is 1.00 bits per heavy atom. The van der Waals surface area contributed by atoms with Crippen molar-refractivity contribution < 1.29 is 8.78 Å². The predicted molar refractivity (Wildman–Crippen MR) is 81.0 cm³/mol. The van der Waals surface area contributed by atoms with Crippen molar-refractivity contribution in [3.63, 3.8) is 0 Å². The standard InChI is InChI=1S/C12H7Br3F2N2/c13-6-1-8(15)12(18-4-6)5-19-11-3-9(16)7(14)2-10(11)17/h1-4,19H,5H2. The van der Waals surface area contributed by atoms with E-state index in [0.717, 1.165) is 21.1 Å². The maximum Gasteiger partial charge on any atom is 0.147 e. The summed E-state index contributed by atoms with van der Waals surface area (Å²) in [5.41, 5.74) is 0.795. The minimum Gasteiger partial charge on any atom is -0.377 e. The quantitative estimate of drug-likeness (QED) is 0.637. The van der Waals surface area contributed by atoms with Crippen LogP contribution < -0.4 is 5.32 Å². The van der Waals surface area contributed by atoms with Crippen LogP contribution in [0.5, 0.6) is 0 Å². The van der Waals surface area contributed by atoms with Crippen molar-refractivity contribution in [2.75, 3.05) is 5.32 Å². The SMILES string of the molecule is Fc1cc(NCc2ncc(Br)cc2Br)c(F)cc1Br. The van der Waals surface area contributed by atoms with Crippen LogP contribution >= 0.6 is 47.8 Å². The van der Waals surface area contributed by atoms with E-state index in [2.05, 4.69) is 58.1 Å². The first kappa shape index (κ1) is 14.9. The second-order valence-corrected chi connectivity index (χ2v) is 6.31. The molecule has 1 aromatic heterocycles. The highest BCUT2D eigenvalue weighted by atomic mass is 79.9. The number of nitrogens with one attached hydrogen (secondary N) is 1. The number of halogens is 5. The van der Waals surface area contributed by atoms with Crippen LogP contribution in [0.1, 0.15) is 5.69 Å². The lowest BCUT2D eigenvalue weighted by Gasteiger charge is -2.09. The van der Waals surface area contributed by atoms with Crippen molar-refractivity contribution in [2.24, 2.45) is 0 Å². The molecule has 0 fully saturated rings. The van der Waals surface area contributed by atoms with Gasteiger partial charge in [0.05, 0.1) is 22.4 Å². The van der Waals surface area contributed by atoms with E-state index in [4.69, 9.17) is 0 Å². The number of pyridine rings is 1. The molecule has 1 N–H and O–H groups in total. The molecule has 0 aliphatic carbocycles. The van der Waals surface area contributed by atoms with Crippen LogP contribution in [0.4, 0.5) is 14.5 Å². The second kappa shape index (κ2) is 6.28. The van der Waals surface area contributed by atoms with Crippen LogP contribution in [0.2, 0.25) is 0 Å². The highest BCUT2D eigenvalue weighted by molar-refractivity contribution is 9.11. The third-order valence-electron chi connectivity index (χ3n) is 2.34. The Hall–Kier alpha value is -0.530. The number of aromatic nitrogens is 1. The van der Waals surface area contributed by atoms with Gasteiger partial charge in [-0.05, 0) is 59.9 Å². The van der Waals surface area contributed by atoms with Gasteiger partial charge in [-0.3, -0.25) is 4.98 Å². The molecule has 0 amide bonds. The smallest absolute Gasteiger partial charge is 0.147 e. The molecule has 100 valence electrons. The molecule has 19 heavy (non-hydrogen) atoms. The molecule has 0 atom stereocenters. The normalized spacial score (nSPS) is 10.6. The third kappa shape index (κ3) is 3.73. The second-order valence-electron chi connectivity index (χ2n) is 3.68. The van der Waals surface area contributed by atoms with Gasteiger partial charge < -0.3 is 5.32 Å². The molecule has 1 aromatic carbocycles. The zero-order valence-electron chi connectivity index (χ0n) is 9.35. The molecule has 0 unspecified atom stereocenters. The van der Waals surface area contributed by atoms with E-state index in [1.807, 2.05) is 6.07 Å². The first-order valence-electron chi connectivity index (χ1n) is 5.15. The highest BCUT2D eigenvalue weighted by Crippen LogP contribution is 2.25. The zero-order chi connectivity index (χ0) is 14.0. The first-order chi connectivity index (χ1) is 8.97. The molecular weight excluding hydrogens is 450 g/mol. The fourth-order valence-electron chi connectivity index (χ4n) is 1.41. The Labute approximate surface area is 134 Å². The van der Waals surface area contributed by atoms with Crippen molar-refractivity contribution in [1.29, 1.82) is 0 Å². The van der Waals surface area contributed by atoms with Gasteiger partial charge in [0.1, 0.15) is 11.6 Å². The van der Waals surface area contributed by atoms with Crippen molar-refractivity contribution in [3.05, 3.63) is 55.1 Å². The van der Waals surface area contributed by atoms with E-state index >= 15 is 0 Å². The number of nitrogens with zero attached hydrogens (tertiary/aromatic N) is 1. The largest absolute Gasteiger partial charge is 0.377 e. The van der Waals surface area contributed by atoms with E-state index < -0.39 is 11.6 Å². The van der Waals surface area contributed by atoms with Crippen molar-refractivity contribution in [2.45, 2.75) is 6.54 Å². The molecule has 0 aliphatic heterocycles. The Morgan fingerprint density at radius 2 is 1.74 bits per heavy atom. The number of hydrogen-bond donors (Lipinski definition) is 1. The van der Waals surface area contributed by atoms with Crippen LogP contribution in [0.15, 0.2) is 37.8 Å². The number of rotatable bonds is 3. The average molecular weight is 457 g/mol. The minimum atomic E-state index is -0.526. The monoisotopic (exact) mass is 454 g/mol. The molecule has 0 saturated carbocycles. The lowest BCUT2D eigenvalue weighted by atomic mass is 10.3. The van der Waals surface area contributed by atoms with Crippen LogP contribution in [0, 0.1) is 11.6 Å². The molecule has 0 saturated heterocycles. The first-order valence-corrected chi connectivity index (χ1v) is 7.53. The Bertz CT molecular complexity index is 620. The van der Waals surface area contributed by atoms with E-state index in [1.165, 1.54) is 0 Å². The molecule has 7 heteroatoms. The Morgan fingerprint density at radius 3 is 2.42 bits per heavy atom. The predicted octanol–water partition coefficient (Wildman–Crippen LogP) is 5.26. The molecule has 0 radical (unpaired) electrons. The molecule has 0 aliphatic rings. The summed E-state index contributed by atoms with van der Waals surface area (Å²) in [6.45, 7) is 0.284. The van der Waals surface area contributed by atoms with E-state index in [9.17, 15) is 8.78 Å². The van der Waals surface area contributed by atoms with Gasteiger partial charge in [-0.25, -0.2) is 8.78 Å². The van der Waals surface area contributed by atoms with Crippen LogP contribution in [-0.4, -0.2) is 4.98 Å². The van der Waals surface area contributed by atoms with Crippen LogP contribution in [0.25, 0.3) is 0 Å². The molecular formula is C12H7Br3F2N2. The lowest BCUT2D eigenvalue weighted by molar-refractivity contribution is 0.596. The van der Waals surface area contributed by atoms with Gasteiger partial charge in [-0.15, -0.1) is 0 Å². The van der Waals surface area contributed by atoms with E-state index in [1.54, 1.807) is 6.20 Å². The van der Waals surface area contributed by atoms with Crippen LogP contribution in [-0.2, 0) is 6.54 Å². The van der Waals surface area contributed by atoms with Gasteiger partial charge in [-0.2, -0.15) is 0 Å². The fraction of sp³-hybridized carbons (Fsp3) is 0.0833. The summed E-state index contributed by atoms with van der Waals surface area (Å²) < 4.78 is 28.6. The van der Waals surface area contributed by atoms with E-state index in [0.29, 0.717) is 5.69 Å². The van der Waals surface area contributed by atoms with Crippen molar-refractivity contribution >= 4 is 53.5 Å². The van der Waals surface area contributed by atoms with Gasteiger partial charge in [0, 0.05) is 21.2 Å². The van der Waals surface area contributed by atoms with Gasteiger partial charge in [-0.1, -0.05) is 0 Å². The van der Waals surface area contributed by atoms with Crippen LogP contribution in [0.3, 0.4) is 0 Å². The number of benzene rings is 1. The van der Waals surface area contributed by atoms with Gasteiger partial charge >= 0.3 is 0 Å². The molecule has 2 aromatic rings. The molecule has 2 rings (SSSR count). The summed E-state index contributed by atoms with van der Waals surface area (Å²) in [5, 5.41) is 2.81. The summed E-state index contributed by atoms with van der Waals surface area (Å²) >= 11 is 9.58. The Kier molecular flexibility index (Phi) is 4.92. The van der Waals surface area contributed by atoms with E-state index in [-0.39, 0.29) is 16.7 Å². The zero-order valence-corrected chi connectivity index (χ0v) is 14.1. The topological polar surface area (TPSA) is 24.9 Å². The van der Waals surface area contributed by atoms with Gasteiger partial charge in [0.25, 0.3) is 0 Å². The maximum atomic E-state index is 13.6. The fourth-order valence-corrected chi connectivity index (χ4v) is 2.85. The minimum absolute atomic E-state index is 0.0947. The Balaban J connectivity index is 2.16. The third-order valence-corrected chi connectivity index (χ3v) is 4.07. The summed E-state index contributed by atoms with van der Waals surface area (Å²) in [6.07, 6.45) is 1.64.